The highest BCUT2D eigenvalue weighted by molar-refractivity contribution is 7.98. The third-order valence-corrected chi connectivity index (χ3v) is 4.12. The maximum Gasteiger partial charge on any atom is 0.326 e. The number of carboxylic acid groups (broad SMARTS) is 1. The molecule has 0 fully saturated rings. The van der Waals surface area contributed by atoms with Gasteiger partial charge in [0, 0.05) is 11.8 Å². The molecule has 1 rings (SSSR count). The van der Waals surface area contributed by atoms with Gasteiger partial charge >= 0.3 is 5.97 Å². The van der Waals surface area contributed by atoms with Gasteiger partial charge in [0.2, 0.25) is 5.91 Å². The smallest absolute Gasteiger partial charge is 0.326 e. The third kappa shape index (κ3) is 4.13. The van der Waals surface area contributed by atoms with Crippen LogP contribution in [-0.2, 0) is 15.1 Å². The molecule has 22 heavy (non-hydrogen) atoms. The van der Waals surface area contributed by atoms with E-state index in [9.17, 15) is 19.5 Å². The van der Waals surface area contributed by atoms with Crippen molar-refractivity contribution in [2.24, 2.45) is 0 Å². The first-order chi connectivity index (χ1) is 10.2. The Kier molecular flexibility index (Phi) is 6.22. The number of carboxylic acids is 1. The first-order valence-electron chi connectivity index (χ1n) is 6.93. The number of carbonyl (C=O) groups is 2. The summed E-state index contributed by atoms with van der Waals surface area (Å²) in [6.07, 6.45) is 2.21. The van der Waals surface area contributed by atoms with Crippen LogP contribution in [0.1, 0.15) is 26.0 Å². The van der Waals surface area contributed by atoms with Crippen molar-refractivity contribution in [3.63, 3.8) is 0 Å². The van der Waals surface area contributed by atoms with Crippen LogP contribution in [0.4, 0.5) is 0 Å². The molecule has 1 atom stereocenters. The van der Waals surface area contributed by atoms with Crippen molar-refractivity contribution in [1.82, 2.24) is 9.88 Å². The minimum Gasteiger partial charge on any atom is -0.480 e. The predicted molar refractivity (Wildman–Crippen MR) is 87.3 cm³/mol. The summed E-state index contributed by atoms with van der Waals surface area (Å²) < 4.78 is 1.37. The van der Waals surface area contributed by atoms with Crippen LogP contribution in [0, 0.1) is 6.92 Å². The lowest BCUT2D eigenvalue weighted by molar-refractivity contribution is -0.143. The molecule has 1 aromatic rings. The highest BCUT2D eigenvalue weighted by Crippen LogP contribution is 2.16. The Morgan fingerprint density at radius 3 is 2.55 bits per heavy atom. The van der Waals surface area contributed by atoms with E-state index in [1.54, 1.807) is 32.9 Å². The topological polar surface area (TPSA) is 88.4 Å². The van der Waals surface area contributed by atoms with Crippen molar-refractivity contribution < 1.29 is 14.7 Å². The number of rotatable bonds is 7. The molecule has 0 saturated heterocycles. The maximum absolute atomic E-state index is 12.5. The number of pyridine rings is 1. The Hall–Kier alpha value is -1.76. The molecule has 2 N–H and O–H groups in total. The quantitative estimate of drug-likeness (QED) is 0.786. The van der Waals surface area contributed by atoms with Gasteiger partial charge in [0.15, 0.2) is 0 Å². The van der Waals surface area contributed by atoms with Crippen LogP contribution in [0.2, 0.25) is 0 Å². The Bertz CT molecular complexity index is 610. The van der Waals surface area contributed by atoms with E-state index in [1.807, 2.05) is 6.26 Å². The number of hydrogen-bond donors (Lipinski definition) is 2. The van der Waals surface area contributed by atoms with E-state index in [1.165, 1.54) is 22.4 Å². The fraction of sp³-hybridized carbons (Fsp3) is 0.533. The van der Waals surface area contributed by atoms with Gasteiger partial charge in [0.25, 0.3) is 5.56 Å². The number of nitrogens with zero attached hydrogens (tertiary/aromatic N) is 1. The van der Waals surface area contributed by atoms with Crippen molar-refractivity contribution in [2.45, 2.75) is 38.8 Å². The van der Waals surface area contributed by atoms with E-state index in [4.69, 9.17) is 0 Å². The summed E-state index contributed by atoms with van der Waals surface area (Å²) >= 11 is 1.51. The number of carbonyl (C=O) groups excluding carboxylic acids is 1. The number of amides is 1. The van der Waals surface area contributed by atoms with Crippen molar-refractivity contribution in [2.75, 3.05) is 12.0 Å². The largest absolute Gasteiger partial charge is 0.480 e. The maximum atomic E-state index is 12.5. The molecule has 0 saturated carbocycles. The van der Waals surface area contributed by atoms with Gasteiger partial charge in [-0.05, 0) is 45.3 Å². The van der Waals surface area contributed by atoms with Gasteiger partial charge in [0.05, 0.1) is 0 Å². The van der Waals surface area contributed by atoms with E-state index in [0.29, 0.717) is 17.9 Å². The van der Waals surface area contributed by atoms with Gasteiger partial charge in [0.1, 0.15) is 11.6 Å². The summed E-state index contributed by atoms with van der Waals surface area (Å²) in [5.41, 5.74) is -0.824. The van der Waals surface area contributed by atoms with Crippen LogP contribution in [-0.4, -0.2) is 39.6 Å². The molecule has 0 radical (unpaired) electrons. The second kappa shape index (κ2) is 7.49. The first-order valence-corrected chi connectivity index (χ1v) is 8.33. The summed E-state index contributed by atoms with van der Waals surface area (Å²) in [5.74, 6) is -0.935. The minimum atomic E-state index is -1.17. The predicted octanol–water partition coefficient (Wildman–Crippen LogP) is 1.21. The summed E-state index contributed by atoms with van der Waals surface area (Å²) in [4.78, 5) is 35.8. The van der Waals surface area contributed by atoms with Crippen molar-refractivity contribution in [3.8, 4) is 0 Å². The molecule has 0 aliphatic heterocycles. The summed E-state index contributed by atoms with van der Waals surface area (Å²) in [5, 5.41) is 11.7. The molecule has 0 aliphatic carbocycles. The number of hydrogen-bond acceptors (Lipinski definition) is 4. The number of aromatic nitrogens is 1. The average molecular weight is 326 g/mol. The van der Waals surface area contributed by atoms with Crippen molar-refractivity contribution >= 4 is 23.6 Å². The van der Waals surface area contributed by atoms with Crippen LogP contribution in [0.15, 0.2) is 23.0 Å². The lowest BCUT2D eigenvalue weighted by atomic mass is 10.0. The molecular formula is C15H22N2O4S. The van der Waals surface area contributed by atoms with E-state index in [2.05, 4.69) is 5.32 Å². The number of thioether (sulfide) groups is 1. The molecule has 0 aromatic carbocycles. The van der Waals surface area contributed by atoms with Crippen LogP contribution in [0.25, 0.3) is 0 Å². The highest BCUT2D eigenvalue weighted by atomic mass is 32.2. The van der Waals surface area contributed by atoms with E-state index in [0.717, 1.165) is 0 Å². The molecular weight excluding hydrogens is 304 g/mol. The Balaban J connectivity index is 3.04. The molecule has 1 unspecified atom stereocenters. The zero-order chi connectivity index (χ0) is 16.9. The second-order valence-corrected chi connectivity index (χ2v) is 6.53. The number of nitrogens with one attached hydrogen (secondary N) is 1. The van der Waals surface area contributed by atoms with E-state index < -0.39 is 23.5 Å². The van der Waals surface area contributed by atoms with Gasteiger partial charge in [-0.1, -0.05) is 6.07 Å². The Morgan fingerprint density at radius 1 is 1.41 bits per heavy atom. The summed E-state index contributed by atoms with van der Waals surface area (Å²) in [6.45, 7) is 4.94. The Morgan fingerprint density at radius 2 is 2.05 bits per heavy atom. The van der Waals surface area contributed by atoms with Crippen molar-refractivity contribution in [3.05, 3.63) is 34.2 Å². The fourth-order valence-electron chi connectivity index (χ4n) is 2.24. The van der Waals surface area contributed by atoms with E-state index >= 15 is 0 Å². The molecule has 0 spiro atoms. The SMILES string of the molecule is CSCCC(NC(=O)C(C)(C)n1c(C)cccc1=O)C(=O)O. The number of aliphatic carboxylic acids is 1. The van der Waals surface area contributed by atoms with E-state index in [-0.39, 0.29) is 5.56 Å². The molecule has 1 heterocycles. The number of aryl methyl sites for hydroxylation is 1. The Labute approximate surface area is 133 Å². The lowest BCUT2D eigenvalue weighted by Crippen LogP contribution is -2.53. The first kappa shape index (κ1) is 18.3. The van der Waals surface area contributed by atoms with Gasteiger partial charge in [-0.2, -0.15) is 11.8 Å². The molecule has 0 bridgehead atoms. The van der Waals surface area contributed by atoms with Gasteiger partial charge in [-0.15, -0.1) is 0 Å². The lowest BCUT2D eigenvalue weighted by Gasteiger charge is -2.29. The molecule has 1 amide bonds. The van der Waals surface area contributed by atoms with Crippen LogP contribution in [0.3, 0.4) is 0 Å². The normalized spacial score (nSPS) is 12.7. The summed E-state index contributed by atoms with van der Waals surface area (Å²) in [6, 6.07) is 3.78. The molecule has 0 aliphatic rings. The zero-order valence-corrected chi connectivity index (χ0v) is 14.1. The average Bonchev–Trinajstić information content (AvgIpc) is 2.42. The summed E-state index contributed by atoms with van der Waals surface area (Å²) in [7, 11) is 0. The minimum absolute atomic E-state index is 0.295. The molecule has 6 nitrogen and oxygen atoms in total. The molecule has 122 valence electrons. The molecule has 1 aromatic heterocycles. The standard InChI is InChI=1S/C15H22N2O4S/c1-10-6-5-7-12(18)17(10)15(2,3)14(21)16-11(13(19)20)8-9-22-4/h5-7,11H,8-9H2,1-4H3,(H,16,21)(H,19,20). The van der Waals surface area contributed by atoms with Crippen LogP contribution in [0.5, 0.6) is 0 Å². The van der Waals surface area contributed by atoms with Crippen LogP contribution < -0.4 is 10.9 Å². The second-order valence-electron chi connectivity index (χ2n) is 5.55. The van der Waals surface area contributed by atoms with Gasteiger partial charge in [-0.3, -0.25) is 14.2 Å². The van der Waals surface area contributed by atoms with Gasteiger partial charge < -0.3 is 10.4 Å². The highest BCUT2D eigenvalue weighted by Gasteiger charge is 2.34. The zero-order valence-electron chi connectivity index (χ0n) is 13.3. The van der Waals surface area contributed by atoms with Crippen LogP contribution >= 0.6 is 11.8 Å². The third-order valence-electron chi connectivity index (χ3n) is 3.48. The van der Waals surface area contributed by atoms with Gasteiger partial charge in [-0.25, -0.2) is 4.79 Å². The molecule has 7 heteroatoms. The monoisotopic (exact) mass is 326 g/mol. The van der Waals surface area contributed by atoms with Crippen molar-refractivity contribution in [1.29, 1.82) is 0 Å². The fourth-order valence-corrected chi connectivity index (χ4v) is 2.71.